The molecule has 1 aliphatic heterocycles. The molecule has 0 spiro atoms. The first-order chi connectivity index (χ1) is 7.25. The van der Waals surface area contributed by atoms with Crippen LogP contribution in [0.25, 0.3) is 0 Å². The highest BCUT2D eigenvalue weighted by Crippen LogP contribution is 2.03. The number of guanidine groups is 1. The van der Waals surface area contributed by atoms with Crippen LogP contribution in [0.3, 0.4) is 0 Å². The summed E-state index contributed by atoms with van der Waals surface area (Å²) in [4.78, 5) is 17.0. The summed E-state index contributed by atoms with van der Waals surface area (Å²) in [6.45, 7) is 0.994. The lowest BCUT2D eigenvalue weighted by Gasteiger charge is -2.18. The summed E-state index contributed by atoms with van der Waals surface area (Å²) in [7, 11) is 1.91. The van der Waals surface area contributed by atoms with Crippen molar-refractivity contribution in [3.8, 4) is 0 Å². The second kappa shape index (κ2) is 4.13. The number of aliphatic imine (C=N–C) groups is 1. The van der Waals surface area contributed by atoms with Crippen LogP contribution in [0.4, 0.5) is 0 Å². The number of nitrogens with zero attached hydrogens (tertiary/aromatic N) is 2. The van der Waals surface area contributed by atoms with E-state index in [2.05, 4.69) is 10.3 Å². The molecule has 0 saturated heterocycles. The van der Waals surface area contributed by atoms with E-state index in [4.69, 9.17) is 0 Å². The third-order valence-corrected chi connectivity index (χ3v) is 2.25. The molecule has 4 nitrogen and oxygen atoms in total. The van der Waals surface area contributed by atoms with Gasteiger partial charge in [-0.15, -0.1) is 0 Å². The van der Waals surface area contributed by atoms with E-state index < -0.39 is 0 Å². The fourth-order valence-corrected chi connectivity index (χ4v) is 1.50. The lowest BCUT2D eigenvalue weighted by Crippen LogP contribution is -2.37. The quantitative estimate of drug-likeness (QED) is 0.765. The molecule has 1 N–H and O–H groups in total. The summed E-state index contributed by atoms with van der Waals surface area (Å²) in [6.07, 6.45) is 0. The van der Waals surface area contributed by atoms with Gasteiger partial charge in [-0.2, -0.15) is 0 Å². The van der Waals surface area contributed by atoms with Crippen molar-refractivity contribution in [2.75, 3.05) is 13.6 Å². The number of carbonyl (C=O) groups is 1. The van der Waals surface area contributed by atoms with Gasteiger partial charge < -0.3 is 4.90 Å². The first-order valence-electron chi connectivity index (χ1n) is 4.85. The Morgan fingerprint density at radius 1 is 1.40 bits per heavy atom. The van der Waals surface area contributed by atoms with Crippen molar-refractivity contribution in [1.29, 1.82) is 0 Å². The van der Waals surface area contributed by atoms with E-state index in [-0.39, 0.29) is 12.5 Å². The predicted molar refractivity (Wildman–Crippen MR) is 58.4 cm³/mol. The number of benzene rings is 1. The molecule has 78 valence electrons. The molecule has 1 aromatic rings. The number of rotatable bonds is 2. The van der Waals surface area contributed by atoms with Crippen molar-refractivity contribution in [1.82, 2.24) is 10.2 Å². The molecule has 0 aromatic heterocycles. The summed E-state index contributed by atoms with van der Waals surface area (Å²) in [5.41, 5.74) is 1.20. The maximum absolute atomic E-state index is 11.0. The third kappa shape index (κ3) is 2.34. The van der Waals surface area contributed by atoms with Gasteiger partial charge in [0.1, 0.15) is 6.54 Å². The number of amides is 1. The molecular formula is C11H13N3O. The van der Waals surface area contributed by atoms with Crippen LogP contribution in [0.1, 0.15) is 5.56 Å². The summed E-state index contributed by atoms with van der Waals surface area (Å²) >= 11 is 0. The first kappa shape index (κ1) is 9.71. The number of nitrogens with one attached hydrogen (secondary N) is 1. The van der Waals surface area contributed by atoms with E-state index in [1.165, 1.54) is 5.56 Å². The Labute approximate surface area is 88.6 Å². The van der Waals surface area contributed by atoms with Crippen molar-refractivity contribution in [3.05, 3.63) is 35.9 Å². The Kier molecular flexibility index (Phi) is 2.67. The molecule has 15 heavy (non-hydrogen) atoms. The standard InChI is InChI=1S/C11H13N3O/c1-14(11-12-7-10(15)13-11)8-9-5-3-2-4-6-9/h2-6H,7-8H2,1H3,(H,12,13,15). The van der Waals surface area contributed by atoms with Crippen LogP contribution in [-0.4, -0.2) is 30.4 Å². The largest absolute Gasteiger partial charge is 0.341 e. The van der Waals surface area contributed by atoms with Gasteiger partial charge in [0.25, 0.3) is 0 Å². The minimum Gasteiger partial charge on any atom is -0.341 e. The Bertz CT molecular complexity index is 386. The highest BCUT2D eigenvalue weighted by atomic mass is 16.2. The molecule has 1 aromatic carbocycles. The van der Waals surface area contributed by atoms with Gasteiger partial charge in [0.15, 0.2) is 0 Å². The van der Waals surface area contributed by atoms with Gasteiger partial charge in [-0.25, -0.2) is 4.99 Å². The van der Waals surface area contributed by atoms with Crippen molar-refractivity contribution >= 4 is 11.9 Å². The van der Waals surface area contributed by atoms with Crippen LogP contribution >= 0.6 is 0 Å². The number of carbonyl (C=O) groups excluding carboxylic acids is 1. The molecule has 0 radical (unpaired) electrons. The molecule has 0 aliphatic carbocycles. The van der Waals surface area contributed by atoms with E-state index >= 15 is 0 Å². The van der Waals surface area contributed by atoms with Crippen LogP contribution in [0.5, 0.6) is 0 Å². The molecule has 4 heteroatoms. The third-order valence-electron chi connectivity index (χ3n) is 2.25. The molecule has 0 atom stereocenters. The average Bonchev–Trinajstić information content (AvgIpc) is 2.66. The van der Waals surface area contributed by atoms with E-state index in [9.17, 15) is 4.79 Å². The summed E-state index contributed by atoms with van der Waals surface area (Å²) in [5.74, 6) is 0.619. The van der Waals surface area contributed by atoms with Gasteiger partial charge >= 0.3 is 0 Å². The fourth-order valence-electron chi connectivity index (χ4n) is 1.50. The Morgan fingerprint density at radius 3 is 2.73 bits per heavy atom. The summed E-state index contributed by atoms with van der Waals surface area (Å²) in [5, 5.41) is 2.71. The topological polar surface area (TPSA) is 44.7 Å². The SMILES string of the molecule is CN(Cc1ccccc1)C1=NCC(=O)N1. The van der Waals surface area contributed by atoms with E-state index in [1.54, 1.807) is 0 Å². The van der Waals surface area contributed by atoms with Gasteiger partial charge in [0.05, 0.1) is 0 Å². The van der Waals surface area contributed by atoms with Crippen LogP contribution < -0.4 is 5.32 Å². The zero-order chi connectivity index (χ0) is 10.7. The normalized spacial score (nSPS) is 14.7. The molecule has 1 amide bonds. The minimum atomic E-state index is -0.0371. The summed E-state index contributed by atoms with van der Waals surface area (Å²) < 4.78 is 0. The van der Waals surface area contributed by atoms with Crippen molar-refractivity contribution < 1.29 is 4.79 Å². The predicted octanol–water partition coefficient (Wildman–Crippen LogP) is 0.604. The zero-order valence-electron chi connectivity index (χ0n) is 8.60. The molecule has 1 aliphatic rings. The van der Waals surface area contributed by atoms with Gasteiger partial charge in [-0.1, -0.05) is 30.3 Å². The number of hydrogen-bond donors (Lipinski definition) is 1. The highest BCUT2D eigenvalue weighted by molar-refractivity contribution is 6.02. The maximum atomic E-state index is 11.0. The molecule has 1 heterocycles. The van der Waals surface area contributed by atoms with Crippen molar-refractivity contribution in [2.45, 2.75) is 6.54 Å². The van der Waals surface area contributed by atoms with E-state index in [1.807, 2.05) is 42.3 Å². The van der Waals surface area contributed by atoms with Gasteiger partial charge in [0, 0.05) is 13.6 Å². The lowest BCUT2D eigenvalue weighted by molar-refractivity contribution is -0.117. The molecule has 0 unspecified atom stereocenters. The molecule has 2 rings (SSSR count). The molecule has 0 bridgehead atoms. The number of hydrogen-bond acceptors (Lipinski definition) is 3. The van der Waals surface area contributed by atoms with Gasteiger partial charge in [-0.3, -0.25) is 10.1 Å². The monoisotopic (exact) mass is 203 g/mol. The minimum absolute atomic E-state index is 0.0371. The maximum Gasteiger partial charge on any atom is 0.248 e. The van der Waals surface area contributed by atoms with Crippen molar-refractivity contribution in [3.63, 3.8) is 0 Å². The second-order valence-electron chi connectivity index (χ2n) is 3.53. The molecular weight excluding hydrogens is 190 g/mol. The lowest BCUT2D eigenvalue weighted by atomic mass is 10.2. The van der Waals surface area contributed by atoms with Gasteiger partial charge in [-0.05, 0) is 5.56 Å². The molecule has 0 fully saturated rings. The van der Waals surface area contributed by atoms with Crippen LogP contribution in [0, 0.1) is 0 Å². The highest BCUT2D eigenvalue weighted by Gasteiger charge is 2.16. The Balaban J connectivity index is 1.98. The van der Waals surface area contributed by atoms with Crippen LogP contribution in [0.15, 0.2) is 35.3 Å². The molecule has 0 saturated carbocycles. The van der Waals surface area contributed by atoms with Crippen molar-refractivity contribution in [2.24, 2.45) is 4.99 Å². The fraction of sp³-hybridized carbons (Fsp3) is 0.273. The second-order valence-corrected chi connectivity index (χ2v) is 3.53. The Morgan fingerprint density at radius 2 is 2.13 bits per heavy atom. The summed E-state index contributed by atoms with van der Waals surface area (Å²) in [6, 6.07) is 10.1. The van der Waals surface area contributed by atoms with E-state index in [0.29, 0.717) is 5.96 Å². The Hall–Kier alpha value is -1.84. The zero-order valence-corrected chi connectivity index (χ0v) is 8.60. The van der Waals surface area contributed by atoms with Crippen LogP contribution in [0.2, 0.25) is 0 Å². The van der Waals surface area contributed by atoms with Crippen LogP contribution in [-0.2, 0) is 11.3 Å². The first-order valence-corrected chi connectivity index (χ1v) is 4.85. The van der Waals surface area contributed by atoms with Gasteiger partial charge in [0.2, 0.25) is 11.9 Å². The average molecular weight is 203 g/mol. The van der Waals surface area contributed by atoms with E-state index in [0.717, 1.165) is 6.54 Å². The smallest absolute Gasteiger partial charge is 0.248 e.